The minimum atomic E-state index is -0.518. The van der Waals surface area contributed by atoms with Crippen LogP contribution >= 0.6 is 0 Å². The van der Waals surface area contributed by atoms with Crippen LogP contribution in [0.4, 0.5) is 11.6 Å². The first-order valence-corrected chi connectivity index (χ1v) is 9.33. The molecular formula is C19H22N6O3. The lowest BCUT2D eigenvalue weighted by Gasteiger charge is -2.35. The average molecular weight is 382 g/mol. The Bertz CT molecular complexity index is 941. The molecule has 1 aliphatic heterocycles. The number of anilines is 1. The molecule has 0 saturated carbocycles. The van der Waals surface area contributed by atoms with Gasteiger partial charge < -0.3 is 24.4 Å². The molecule has 146 valence electrons. The number of aromatic nitrogens is 3. The van der Waals surface area contributed by atoms with Crippen molar-refractivity contribution >= 4 is 11.6 Å². The smallest absolute Gasteiger partial charge is 0.390 e. The van der Waals surface area contributed by atoms with Crippen molar-refractivity contribution < 1.29 is 9.45 Å². The zero-order chi connectivity index (χ0) is 19.5. The number of rotatable bonds is 6. The van der Waals surface area contributed by atoms with Crippen LogP contribution in [0.25, 0.3) is 11.3 Å². The summed E-state index contributed by atoms with van der Waals surface area (Å²) in [6, 6.07) is 10.1. The predicted molar refractivity (Wildman–Crippen MR) is 104 cm³/mol. The summed E-state index contributed by atoms with van der Waals surface area (Å²) in [5, 5.41) is 15.1. The van der Waals surface area contributed by atoms with Gasteiger partial charge in [-0.15, -0.1) is 0 Å². The molecule has 0 amide bonds. The molecule has 0 radical (unpaired) electrons. The van der Waals surface area contributed by atoms with E-state index in [0.29, 0.717) is 11.5 Å². The Morgan fingerprint density at radius 2 is 1.93 bits per heavy atom. The van der Waals surface area contributed by atoms with Gasteiger partial charge in [-0.1, -0.05) is 29.2 Å². The van der Waals surface area contributed by atoms with Crippen molar-refractivity contribution in [1.29, 1.82) is 0 Å². The third-order valence-electron chi connectivity index (χ3n) is 5.09. The van der Waals surface area contributed by atoms with E-state index in [0.717, 1.165) is 38.3 Å². The quantitative estimate of drug-likeness (QED) is 0.478. The summed E-state index contributed by atoms with van der Waals surface area (Å²) in [6.07, 6.45) is 2.95. The zero-order valence-electron chi connectivity index (χ0n) is 15.7. The fourth-order valence-corrected chi connectivity index (χ4v) is 3.45. The molecule has 9 heteroatoms. The molecule has 1 aliphatic rings. The van der Waals surface area contributed by atoms with Crippen molar-refractivity contribution in [3.8, 4) is 11.3 Å². The van der Waals surface area contributed by atoms with Crippen molar-refractivity contribution in [1.82, 2.24) is 19.6 Å². The van der Waals surface area contributed by atoms with Crippen LogP contribution in [0.2, 0.25) is 0 Å². The Hall–Kier alpha value is -3.20. The predicted octanol–water partition coefficient (Wildman–Crippen LogP) is 2.64. The first-order chi connectivity index (χ1) is 13.6. The first-order valence-electron chi connectivity index (χ1n) is 9.33. The maximum atomic E-state index is 11.0. The van der Waals surface area contributed by atoms with Crippen molar-refractivity contribution in [3.63, 3.8) is 0 Å². The molecule has 0 unspecified atom stereocenters. The third-order valence-corrected chi connectivity index (χ3v) is 5.09. The molecule has 28 heavy (non-hydrogen) atoms. The molecular weight excluding hydrogens is 360 g/mol. The second-order valence-corrected chi connectivity index (χ2v) is 6.76. The molecule has 0 aliphatic carbocycles. The highest BCUT2D eigenvalue weighted by Crippen LogP contribution is 2.24. The molecule has 0 atom stereocenters. The van der Waals surface area contributed by atoms with Crippen LogP contribution in [-0.4, -0.2) is 57.3 Å². The Kier molecular flexibility index (Phi) is 5.07. The van der Waals surface area contributed by atoms with Crippen LogP contribution < -0.4 is 4.90 Å². The topological polar surface area (TPSA) is 93.5 Å². The van der Waals surface area contributed by atoms with E-state index >= 15 is 0 Å². The van der Waals surface area contributed by atoms with E-state index in [1.807, 2.05) is 12.1 Å². The summed E-state index contributed by atoms with van der Waals surface area (Å²) in [6.45, 7) is 7.75. The molecule has 1 aromatic carbocycles. The molecule has 2 aromatic heterocycles. The number of nitro groups is 1. The Morgan fingerprint density at radius 1 is 1.18 bits per heavy atom. The number of nitrogens with zero attached hydrogens (tertiary/aromatic N) is 6. The highest BCUT2D eigenvalue weighted by atomic mass is 16.6. The molecule has 3 aromatic rings. The molecule has 0 spiro atoms. The maximum absolute atomic E-state index is 11.0. The van der Waals surface area contributed by atoms with Gasteiger partial charge in [-0.3, -0.25) is 0 Å². The van der Waals surface area contributed by atoms with Gasteiger partial charge in [0.2, 0.25) is 0 Å². The largest absolute Gasteiger partial charge is 0.434 e. The van der Waals surface area contributed by atoms with Gasteiger partial charge >= 0.3 is 5.95 Å². The minimum Gasteiger partial charge on any atom is -0.390 e. The number of benzene rings is 1. The molecule has 0 N–H and O–H groups in total. The number of hydrogen-bond acceptors (Lipinski definition) is 7. The highest BCUT2D eigenvalue weighted by molar-refractivity contribution is 5.63. The fourth-order valence-electron chi connectivity index (χ4n) is 3.45. The normalized spacial score (nSPS) is 15.1. The number of hydrogen-bond donors (Lipinski definition) is 0. The monoisotopic (exact) mass is 382 g/mol. The summed E-state index contributed by atoms with van der Waals surface area (Å²) < 4.78 is 6.78. The lowest BCUT2D eigenvalue weighted by Crippen LogP contribution is -2.46. The van der Waals surface area contributed by atoms with Crippen LogP contribution in [0.5, 0.6) is 0 Å². The minimum absolute atomic E-state index is 0.211. The van der Waals surface area contributed by atoms with Gasteiger partial charge in [0.15, 0.2) is 5.76 Å². The lowest BCUT2D eigenvalue weighted by atomic mass is 10.1. The number of imidazole rings is 1. The van der Waals surface area contributed by atoms with E-state index < -0.39 is 4.92 Å². The van der Waals surface area contributed by atoms with E-state index in [-0.39, 0.29) is 12.5 Å². The standard InChI is InChI=1S/C19H22N6O3/c1-2-22-9-11-23(12-10-22)16-5-3-15(4-6-16)18-13-17(28-21-18)14-24-8-7-20-19(24)25(26)27/h3-8,13H,2,9-12,14H2,1H3. The second-order valence-electron chi connectivity index (χ2n) is 6.76. The zero-order valence-corrected chi connectivity index (χ0v) is 15.7. The average Bonchev–Trinajstić information content (AvgIpc) is 3.38. The highest BCUT2D eigenvalue weighted by Gasteiger charge is 2.18. The maximum Gasteiger partial charge on any atom is 0.434 e. The van der Waals surface area contributed by atoms with E-state index in [1.54, 1.807) is 12.3 Å². The van der Waals surface area contributed by atoms with Gasteiger partial charge in [0.25, 0.3) is 0 Å². The Labute approximate surface area is 162 Å². The summed E-state index contributed by atoms with van der Waals surface area (Å²) >= 11 is 0. The van der Waals surface area contributed by atoms with Gasteiger partial charge in [-0.25, -0.2) is 4.57 Å². The van der Waals surface area contributed by atoms with Gasteiger partial charge in [-0.05, 0) is 23.6 Å². The first kappa shape index (κ1) is 18.2. The van der Waals surface area contributed by atoms with Crippen LogP contribution in [0.15, 0.2) is 47.2 Å². The molecule has 0 bridgehead atoms. The number of piperazine rings is 1. The molecule has 3 heterocycles. The summed E-state index contributed by atoms with van der Waals surface area (Å²) in [7, 11) is 0. The SMILES string of the molecule is CCN1CCN(c2ccc(-c3cc(Cn4ccnc4[N+](=O)[O-])on3)cc2)CC1. The van der Waals surface area contributed by atoms with Gasteiger partial charge in [-0.2, -0.15) is 0 Å². The van der Waals surface area contributed by atoms with E-state index in [2.05, 4.69) is 39.0 Å². The number of likely N-dealkylation sites (N-methyl/N-ethyl adjacent to an activating group) is 1. The van der Waals surface area contributed by atoms with E-state index in [1.165, 1.54) is 16.5 Å². The Balaban J connectivity index is 1.44. The van der Waals surface area contributed by atoms with Gasteiger partial charge in [0, 0.05) is 43.5 Å². The summed E-state index contributed by atoms with van der Waals surface area (Å²) in [4.78, 5) is 19.0. The van der Waals surface area contributed by atoms with Crippen LogP contribution in [0, 0.1) is 10.1 Å². The fraction of sp³-hybridized carbons (Fsp3) is 0.368. The van der Waals surface area contributed by atoms with Crippen molar-refractivity contribution in [2.45, 2.75) is 13.5 Å². The van der Waals surface area contributed by atoms with Crippen molar-refractivity contribution in [3.05, 3.63) is 58.6 Å². The molecule has 4 rings (SSSR count). The van der Waals surface area contributed by atoms with Crippen LogP contribution in [0.1, 0.15) is 12.7 Å². The van der Waals surface area contributed by atoms with E-state index in [9.17, 15) is 10.1 Å². The molecule has 1 saturated heterocycles. The summed E-state index contributed by atoms with van der Waals surface area (Å²) in [5.41, 5.74) is 2.86. The lowest BCUT2D eigenvalue weighted by molar-refractivity contribution is -0.396. The summed E-state index contributed by atoms with van der Waals surface area (Å²) in [5.74, 6) is 0.321. The van der Waals surface area contributed by atoms with Crippen LogP contribution in [0.3, 0.4) is 0 Å². The molecule has 1 fully saturated rings. The second kappa shape index (κ2) is 7.81. The van der Waals surface area contributed by atoms with Crippen LogP contribution in [-0.2, 0) is 6.54 Å². The van der Waals surface area contributed by atoms with E-state index in [4.69, 9.17) is 4.52 Å². The third kappa shape index (κ3) is 3.74. The van der Waals surface area contributed by atoms with Crippen molar-refractivity contribution in [2.75, 3.05) is 37.6 Å². The van der Waals surface area contributed by atoms with Crippen molar-refractivity contribution in [2.24, 2.45) is 0 Å². The molecule has 9 nitrogen and oxygen atoms in total. The van der Waals surface area contributed by atoms with Gasteiger partial charge in [0.05, 0.1) is 0 Å². The Morgan fingerprint density at radius 3 is 2.61 bits per heavy atom. The van der Waals surface area contributed by atoms with Gasteiger partial charge in [0.1, 0.15) is 24.6 Å².